The van der Waals surface area contributed by atoms with Crippen LogP contribution in [0.4, 0.5) is 9.18 Å². The molecule has 1 aliphatic rings. The number of H-pyrrole nitrogens is 1. The summed E-state index contributed by atoms with van der Waals surface area (Å²) in [5.74, 6) is 0.142. The standard InChI is InChI=1S/C22H21BrFN3O2/c1-13-12-27(22(28)29)9-7-17(13)19-11-18(15-6-8-25-20(23)10-15)21(26-19)14-2-4-16(24)5-3-14/h2-6,8,10-11,13,17,26H,7,9,12H2,1H3,(H,28,29). The van der Waals surface area contributed by atoms with E-state index in [2.05, 4.69) is 38.9 Å². The number of hydrogen-bond donors (Lipinski definition) is 2. The predicted octanol–water partition coefficient (Wildman–Crippen LogP) is 5.75. The molecule has 0 aliphatic carbocycles. The minimum absolute atomic E-state index is 0.191. The number of hydrogen-bond acceptors (Lipinski definition) is 2. The second-order valence-electron chi connectivity index (χ2n) is 7.49. The third kappa shape index (κ3) is 4.05. The first-order valence-electron chi connectivity index (χ1n) is 9.51. The van der Waals surface area contributed by atoms with Gasteiger partial charge in [-0.3, -0.25) is 0 Å². The van der Waals surface area contributed by atoms with E-state index >= 15 is 0 Å². The Morgan fingerprint density at radius 1 is 1.24 bits per heavy atom. The van der Waals surface area contributed by atoms with Gasteiger partial charge in [-0.1, -0.05) is 6.92 Å². The van der Waals surface area contributed by atoms with Crippen LogP contribution in [0.2, 0.25) is 0 Å². The molecule has 1 aromatic carbocycles. The van der Waals surface area contributed by atoms with Gasteiger partial charge in [-0.05, 0) is 81.9 Å². The number of aromatic amines is 1. The van der Waals surface area contributed by atoms with E-state index in [1.807, 2.05) is 12.1 Å². The Hall–Kier alpha value is -2.67. The van der Waals surface area contributed by atoms with E-state index in [0.29, 0.717) is 13.1 Å². The number of nitrogens with zero attached hydrogens (tertiary/aromatic N) is 2. The van der Waals surface area contributed by atoms with Crippen molar-refractivity contribution in [2.75, 3.05) is 13.1 Å². The Balaban J connectivity index is 1.76. The van der Waals surface area contributed by atoms with E-state index in [0.717, 1.165) is 39.1 Å². The maximum Gasteiger partial charge on any atom is 0.407 e. The lowest BCUT2D eigenvalue weighted by molar-refractivity contribution is 0.115. The lowest BCUT2D eigenvalue weighted by atomic mass is 9.84. The molecule has 3 aromatic rings. The van der Waals surface area contributed by atoms with Crippen LogP contribution in [0.25, 0.3) is 22.4 Å². The maximum absolute atomic E-state index is 13.5. The minimum atomic E-state index is -0.865. The van der Waals surface area contributed by atoms with Crippen molar-refractivity contribution in [3.8, 4) is 22.4 Å². The van der Waals surface area contributed by atoms with Gasteiger partial charge in [0.2, 0.25) is 0 Å². The molecule has 0 bridgehead atoms. The van der Waals surface area contributed by atoms with Crippen molar-refractivity contribution < 1.29 is 14.3 Å². The fourth-order valence-corrected chi connectivity index (χ4v) is 4.46. The smallest absolute Gasteiger partial charge is 0.407 e. The zero-order chi connectivity index (χ0) is 20.5. The largest absolute Gasteiger partial charge is 0.465 e. The van der Waals surface area contributed by atoms with Crippen molar-refractivity contribution in [1.29, 1.82) is 0 Å². The van der Waals surface area contributed by atoms with Crippen molar-refractivity contribution in [3.05, 3.63) is 64.8 Å². The second-order valence-corrected chi connectivity index (χ2v) is 8.30. The van der Waals surface area contributed by atoms with E-state index in [4.69, 9.17) is 0 Å². The number of benzene rings is 1. The number of rotatable bonds is 3. The number of pyridine rings is 1. The van der Waals surface area contributed by atoms with Crippen molar-refractivity contribution in [2.45, 2.75) is 19.3 Å². The van der Waals surface area contributed by atoms with Crippen LogP contribution >= 0.6 is 15.9 Å². The highest BCUT2D eigenvalue weighted by Gasteiger charge is 2.31. The summed E-state index contributed by atoms with van der Waals surface area (Å²) in [5, 5.41) is 9.28. The molecule has 29 heavy (non-hydrogen) atoms. The van der Waals surface area contributed by atoms with Crippen molar-refractivity contribution >= 4 is 22.0 Å². The molecule has 2 atom stereocenters. The molecule has 1 fully saturated rings. The number of halogens is 2. The molecule has 4 rings (SSSR count). The zero-order valence-corrected chi connectivity index (χ0v) is 17.5. The number of carboxylic acid groups (broad SMARTS) is 1. The number of aromatic nitrogens is 2. The average Bonchev–Trinajstić information content (AvgIpc) is 3.13. The third-order valence-corrected chi connectivity index (χ3v) is 6.02. The van der Waals surface area contributed by atoms with Crippen LogP contribution in [0.15, 0.2) is 53.3 Å². The van der Waals surface area contributed by atoms with Crippen LogP contribution in [0.3, 0.4) is 0 Å². The van der Waals surface area contributed by atoms with E-state index < -0.39 is 6.09 Å². The van der Waals surface area contributed by atoms with Gasteiger partial charge in [-0.25, -0.2) is 14.2 Å². The number of amides is 1. The van der Waals surface area contributed by atoms with Gasteiger partial charge in [-0.2, -0.15) is 0 Å². The monoisotopic (exact) mass is 457 g/mol. The summed E-state index contributed by atoms with van der Waals surface area (Å²) in [7, 11) is 0. The summed E-state index contributed by atoms with van der Waals surface area (Å²) in [6, 6.07) is 12.5. The Labute approximate surface area is 176 Å². The lowest BCUT2D eigenvalue weighted by Crippen LogP contribution is -2.41. The molecule has 2 aromatic heterocycles. The summed E-state index contributed by atoms with van der Waals surface area (Å²) >= 11 is 3.43. The molecule has 1 aliphatic heterocycles. The summed E-state index contributed by atoms with van der Waals surface area (Å²) in [5.41, 5.74) is 4.92. The molecule has 1 amide bonds. The maximum atomic E-state index is 13.5. The van der Waals surface area contributed by atoms with Crippen LogP contribution in [0, 0.1) is 11.7 Å². The van der Waals surface area contributed by atoms with E-state index in [1.165, 1.54) is 17.0 Å². The van der Waals surface area contributed by atoms with Gasteiger partial charge < -0.3 is 15.0 Å². The normalized spacial score (nSPS) is 19.3. The highest BCUT2D eigenvalue weighted by atomic mass is 79.9. The van der Waals surface area contributed by atoms with Gasteiger partial charge in [0, 0.05) is 36.5 Å². The van der Waals surface area contributed by atoms with Crippen molar-refractivity contribution in [1.82, 2.24) is 14.9 Å². The summed E-state index contributed by atoms with van der Waals surface area (Å²) in [6.07, 6.45) is 1.64. The first-order valence-corrected chi connectivity index (χ1v) is 10.3. The first kappa shape index (κ1) is 19.6. The molecule has 0 radical (unpaired) electrons. The van der Waals surface area contributed by atoms with E-state index in [9.17, 15) is 14.3 Å². The minimum Gasteiger partial charge on any atom is -0.465 e. The Kier molecular flexibility index (Phi) is 5.41. The Morgan fingerprint density at radius 2 is 2.00 bits per heavy atom. The molecule has 2 N–H and O–H groups in total. The molecule has 150 valence electrons. The number of likely N-dealkylation sites (tertiary alicyclic amines) is 1. The molecule has 0 saturated carbocycles. The Bertz CT molecular complexity index is 1030. The quantitative estimate of drug-likeness (QED) is 0.492. The number of carbonyl (C=O) groups is 1. The number of nitrogens with one attached hydrogen (secondary N) is 1. The molecule has 1 saturated heterocycles. The Morgan fingerprint density at radius 3 is 2.66 bits per heavy atom. The van der Waals surface area contributed by atoms with Gasteiger partial charge in [0.05, 0.1) is 5.69 Å². The van der Waals surface area contributed by atoms with Crippen LogP contribution in [0.5, 0.6) is 0 Å². The van der Waals surface area contributed by atoms with Crippen LogP contribution in [-0.2, 0) is 0 Å². The van der Waals surface area contributed by atoms with Crippen molar-refractivity contribution in [2.24, 2.45) is 5.92 Å². The lowest BCUT2D eigenvalue weighted by Gasteiger charge is -2.35. The molecular weight excluding hydrogens is 437 g/mol. The van der Waals surface area contributed by atoms with Gasteiger partial charge in [0.1, 0.15) is 10.4 Å². The number of piperidine rings is 1. The molecule has 5 nitrogen and oxygen atoms in total. The molecule has 7 heteroatoms. The van der Waals surface area contributed by atoms with Gasteiger partial charge in [-0.15, -0.1) is 0 Å². The second kappa shape index (κ2) is 7.99. The highest BCUT2D eigenvalue weighted by molar-refractivity contribution is 9.10. The summed E-state index contributed by atoms with van der Waals surface area (Å²) in [4.78, 5) is 20.6. The predicted molar refractivity (Wildman–Crippen MR) is 113 cm³/mol. The zero-order valence-electron chi connectivity index (χ0n) is 15.9. The van der Waals surface area contributed by atoms with Gasteiger partial charge in [0.25, 0.3) is 0 Å². The van der Waals surface area contributed by atoms with Gasteiger partial charge >= 0.3 is 6.09 Å². The molecule has 0 spiro atoms. The van der Waals surface area contributed by atoms with Crippen molar-refractivity contribution in [3.63, 3.8) is 0 Å². The topological polar surface area (TPSA) is 69.2 Å². The van der Waals surface area contributed by atoms with E-state index in [-0.39, 0.29) is 17.7 Å². The highest BCUT2D eigenvalue weighted by Crippen LogP contribution is 2.39. The fraction of sp³-hybridized carbons (Fsp3) is 0.273. The summed E-state index contributed by atoms with van der Waals surface area (Å²) < 4.78 is 14.2. The van der Waals surface area contributed by atoms with Crippen LogP contribution in [0.1, 0.15) is 25.0 Å². The molecule has 3 heterocycles. The van der Waals surface area contributed by atoms with Crippen LogP contribution < -0.4 is 0 Å². The average molecular weight is 458 g/mol. The van der Waals surface area contributed by atoms with E-state index in [1.54, 1.807) is 18.3 Å². The molecule has 2 unspecified atom stereocenters. The van der Waals surface area contributed by atoms with Crippen LogP contribution in [-0.4, -0.2) is 39.2 Å². The third-order valence-electron chi connectivity index (χ3n) is 5.58. The first-order chi connectivity index (χ1) is 13.9. The summed E-state index contributed by atoms with van der Waals surface area (Å²) in [6.45, 7) is 3.12. The fourth-order valence-electron chi connectivity index (χ4n) is 4.10. The SMILES string of the molecule is CC1CN(C(=O)O)CCC1c1cc(-c2ccnc(Br)c2)c(-c2ccc(F)cc2)[nH]1. The van der Waals surface area contributed by atoms with Gasteiger partial charge in [0.15, 0.2) is 0 Å². The molecular formula is C22H21BrFN3O2.